The standard InChI is InChI=1S/C14H20N2O4S/c1-15(2)14(18)12-8-9-13(17)16(12)21(19,20)10-11-6-4-3-5-7-11/h3-7,12-13,17H,8-10H2,1-2H3/t12-,13?/m0/s1. The summed E-state index contributed by atoms with van der Waals surface area (Å²) >= 11 is 0. The summed E-state index contributed by atoms with van der Waals surface area (Å²) in [7, 11) is -0.597. The SMILES string of the molecule is CN(C)C(=O)[C@@H]1CCC(O)N1S(=O)(=O)Cc1ccccc1. The number of carbonyl (C=O) groups is 1. The zero-order chi connectivity index (χ0) is 15.6. The lowest BCUT2D eigenvalue weighted by atomic mass is 10.2. The molecule has 1 heterocycles. The molecule has 1 unspecified atom stereocenters. The highest BCUT2D eigenvalue weighted by Crippen LogP contribution is 2.28. The fourth-order valence-corrected chi connectivity index (χ4v) is 4.36. The first-order valence-electron chi connectivity index (χ1n) is 6.77. The van der Waals surface area contributed by atoms with E-state index in [1.165, 1.54) is 4.90 Å². The summed E-state index contributed by atoms with van der Waals surface area (Å²) < 4.78 is 26.1. The molecule has 0 aromatic heterocycles. The van der Waals surface area contributed by atoms with Gasteiger partial charge in [-0.1, -0.05) is 30.3 Å². The van der Waals surface area contributed by atoms with Gasteiger partial charge >= 0.3 is 0 Å². The van der Waals surface area contributed by atoms with Gasteiger partial charge in [-0.3, -0.25) is 4.79 Å². The molecule has 1 N–H and O–H groups in total. The molecule has 1 aromatic carbocycles. The van der Waals surface area contributed by atoms with Crippen LogP contribution in [0.25, 0.3) is 0 Å². The quantitative estimate of drug-likeness (QED) is 0.872. The predicted octanol–water partition coefficient (Wildman–Crippen LogP) is 0.387. The van der Waals surface area contributed by atoms with Crippen LogP contribution >= 0.6 is 0 Å². The minimum atomic E-state index is -3.75. The fourth-order valence-electron chi connectivity index (χ4n) is 2.54. The number of carbonyl (C=O) groups excluding carboxylic acids is 1. The summed E-state index contributed by atoms with van der Waals surface area (Å²) in [6.07, 6.45) is -0.516. The van der Waals surface area contributed by atoms with E-state index in [9.17, 15) is 18.3 Å². The van der Waals surface area contributed by atoms with Crippen LogP contribution in [0.5, 0.6) is 0 Å². The molecule has 1 saturated heterocycles. The molecule has 7 heteroatoms. The number of likely N-dealkylation sites (N-methyl/N-ethyl adjacent to an activating group) is 1. The second-order valence-corrected chi connectivity index (χ2v) is 7.25. The molecule has 1 amide bonds. The van der Waals surface area contributed by atoms with Crippen molar-refractivity contribution in [1.82, 2.24) is 9.21 Å². The molecule has 2 atom stereocenters. The van der Waals surface area contributed by atoms with Crippen LogP contribution in [-0.4, -0.2) is 55.0 Å². The highest BCUT2D eigenvalue weighted by Gasteiger charge is 2.44. The van der Waals surface area contributed by atoms with Gasteiger partial charge in [0.05, 0.1) is 5.75 Å². The third-order valence-electron chi connectivity index (χ3n) is 3.54. The molecular weight excluding hydrogens is 292 g/mol. The van der Waals surface area contributed by atoms with Crippen LogP contribution in [0.4, 0.5) is 0 Å². The van der Waals surface area contributed by atoms with Crippen molar-refractivity contribution in [2.24, 2.45) is 0 Å². The first kappa shape index (κ1) is 15.9. The summed E-state index contributed by atoms with van der Waals surface area (Å²) in [4.78, 5) is 13.5. The summed E-state index contributed by atoms with van der Waals surface area (Å²) in [5.74, 6) is -0.523. The Morgan fingerprint density at radius 2 is 1.90 bits per heavy atom. The second kappa shape index (κ2) is 6.13. The fraction of sp³-hybridized carbons (Fsp3) is 0.500. The molecule has 1 fully saturated rings. The average molecular weight is 312 g/mol. The van der Waals surface area contributed by atoms with Crippen molar-refractivity contribution in [2.75, 3.05) is 14.1 Å². The number of hydrogen-bond acceptors (Lipinski definition) is 4. The van der Waals surface area contributed by atoms with Crippen LogP contribution in [0.1, 0.15) is 18.4 Å². The van der Waals surface area contributed by atoms with Crippen LogP contribution in [0.3, 0.4) is 0 Å². The lowest BCUT2D eigenvalue weighted by molar-refractivity contribution is -0.133. The molecule has 6 nitrogen and oxygen atoms in total. The number of nitrogens with zero attached hydrogens (tertiary/aromatic N) is 2. The molecule has 21 heavy (non-hydrogen) atoms. The van der Waals surface area contributed by atoms with Crippen LogP contribution in [-0.2, 0) is 20.6 Å². The first-order chi connectivity index (χ1) is 9.83. The maximum Gasteiger partial charge on any atom is 0.240 e. The third kappa shape index (κ3) is 3.42. The Morgan fingerprint density at radius 1 is 1.29 bits per heavy atom. The van der Waals surface area contributed by atoms with Gasteiger partial charge in [-0.2, -0.15) is 4.31 Å². The van der Waals surface area contributed by atoms with E-state index in [4.69, 9.17) is 0 Å². The predicted molar refractivity (Wildman–Crippen MR) is 78.6 cm³/mol. The Morgan fingerprint density at radius 3 is 2.48 bits per heavy atom. The van der Waals surface area contributed by atoms with Crippen molar-refractivity contribution in [1.29, 1.82) is 0 Å². The number of sulfonamides is 1. The van der Waals surface area contributed by atoms with Crippen LogP contribution in [0.2, 0.25) is 0 Å². The Kier molecular flexibility index (Phi) is 4.65. The van der Waals surface area contributed by atoms with Crippen molar-refractivity contribution in [3.05, 3.63) is 35.9 Å². The summed E-state index contributed by atoms with van der Waals surface area (Å²) in [5, 5.41) is 9.98. The van der Waals surface area contributed by atoms with Gasteiger partial charge in [-0.15, -0.1) is 0 Å². The van der Waals surface area contributed by atoms with E-state index in [0.29, 0.717) is 12.0 Å². The Balaban J connectivity index is 2.26. The van der Waals surface area contributed by atoms with E-state index in [-0.39, 0.29) is 18.1 Å². The Bertz CT molecular complexity index is 601. The highest BCUT2D eigenvalue weighted by molar-refractivity contribution is 7.88. The van der Waals surface area contributed by atoms with E-state index in [2.05, 4.69) is 0 Å². The largest absolute Gasteiger partial charge is 0.377 e. The topological polar surface area (TPSA) is 77.9 Å². The van der Waals surface area contributed by atoms with Crippen molar-refractivity contribution in [3.8, 4) is 0 Å². The van der Waals surface area contributed by atoms with Gasteiger partial charge in [-0.05, 0) is 18.4 Å². The summed E-state index contributed by atoms with van der Waals surface area (Å²) in [6, 6.07) is 7.93. The minimum absolute atomic E-state index is 0.220. The zero-order valence-corrected chi connectivity index (χ0v) is 13.0. The van der Waals surface area contributed by atoms with E-state index in [1.54, 1.807) is 44.4 Å². The monoisotopic (exact) mass is 312 g/mol. The molecule has 0 aliphatic carbocycles. The van der Waals surface area contributed by atoms with Crippen molar-refractivity contribution in [2.45, 2.75) is 30.9 Å². The summed E-state index contributed by atoms with van der Waals surface area (Å²) in [5.41, 5.74) is 0.632. The first-order valence-corrected chi connectivity index (χ1v) is 8.38. The Hall–Kier alpha value is -1.44. The number of amides is 1. The highest BCUT2D eigenvalue weighted by atomic mass is 32.2. The molecule has 2 rings (SSSR count). The van der Waals surface area contributed by atoms with Crippen molar-refractivity contribution in [3.63, 3.8) is 0 Å². The van der Waals surface area contributed by atoms with Gasteiger partial charge in [0.25, 0.3) is 0 Å². The van der Waals surface area contributed by atoms with Gasteiger partial charge in [0.2, 0.25) is 15.9 Å². The van der Waals surface area contributed by atoms with Crippen LogP contribution in [0.15, 0.2) is 30.3 Å². The van der Waals surface area contributed by atoms with Gasteiger partial charge in [0.15, 0.2) is 0 Å². The van der Waals surface area contributed by atoms with Crippen molar-refractivity contribution < 1.29 is 18.3 Å². The molecule has 0 bridgehead atoms. The normalized spacial score (nSPS) is 23.2. The van der Waals surface area contributed by atoms with E-state index in [0.717, 1.165) is 4.31 Å². The summed E-state index contributed by atoms with van der Waals surface area (Å²) in [6.45, 7) is 0. The van der Waals surface area contributed by atoms with E-state index >= 15 is 0 Å². The molecule has 0 spiro atoms. The molecule has 0 radical (unpaired) electrons. The number of aliphatic hydroxyl groups is 1. The smallest absolute Gasteiger partial charge is 0.240 e. The zero-order valence-electron chi connectivity index (χ0n) is 12.1. The molecule has 116 valence electrons. The number of rotatable bonds is 4. The van der Waals surface area contributed by atoms with E-state index < -0.39 is 22.3 Å². The molecular formula is C14H20N2O4S. The molecule has 1 aliphatic heterocycles. The number of hydrogen-bond donors (Lipinski definition) is 1. The lowest BCUT2D eigenvalue weighted by Crippen LogP contribution is -2.48. The van der Waals surface area contributed by atoms with Gasteiger partial charge < -0.3 is 10.0 Å². The van der Waals surface area contributed by atoms with E-state index in [1.807, 2.05) is 0 Å². The average Bonchev–Trinajstić information content (AvgIpc) is 2.81. The molecule has 0 saturated carbocycles. The minimum Gasteiger partial charge on any atom is -0.377 e. The van der Waals surface area contributed by atoms with Crippen molar-refractivity contribution >= 4 is 15.9 Å². The maximum atomic E-state index is 12.5. The van der Waals surface area contributed by atoms with Crippen LogP contribution < -0.4 is 0 Å². The maximum absolute atomic E-state index is 12.5. The van der Waals surface area contributed by atoms with Gasteiger partial charge in [-0.25, -0.2) is 8.42 Å². The second-order valence-electron chi connectivity index (χ2n) is 5.38. The third-order valence-corrected chi connectivity index (χ3v) is 5.38. The van der Waals surface area contributed by atoms with Gasteiger partial charge in [0.1, 0.15) is 12.3 Å². The molecule has 1 aliphatic rings. The van der Waals surface area contributed by atoms with Gasteiger partial charge in [0, 0.05) is 14.1 Å². The number of benzene rings is 1. The molecule has 1 aromatic rings. The number of aliphatic hydroxyl groups excluding tert-OH is 1. The van der Waals surface area contributed by atoms with Crippen LogP contribution in [0, 0.1) is 0 Å². The Labute approximate surface area is 125 Å². The lowest BCUT2D eigenvalue weighted by Gasteiger charge is -2.27.